The van der Waals surface area contributed by atoms with Crippen molar-refractivity contribution in [2.75, 3.05) is 13.7 Å². The number of hydrazine groups is 1. The van der Waals surface area contributed by atoms with Crippen molar-refractivity contribution in [1.29, 1.82) is 0 Å². The van der Waals surface area contributed by atoms with Gasteiger partial charge in [-0.15, -0.1) is 11.3 Å². The summed E-state index contributed by atoms with van der Waals surface area (Å²) in [6.07, 6.45) is 0.201. The molecular weight excluding hydrogens is 212 g/mol. The maximum absolute atomic E-state index is 5.53. The molecule has 15 heavy (non-hydrogen) atoms. The molecule has 0 saturated heterocycles. The molecular formula is C10H18N2O2S. The Morgan fingerprint density at radius 2 is 2.27 bits per heavy atom. The lowest BCUT2D eigenvalue weighted by Gasteiger charge is -2.17. The van der Waals surface area contributed by atoms with Gasteiger partial charge in [-0.3, -0.25) is 5.84 Å². The lowest BCUT2D eigenvalue weighted by Crippen LogP contribution is -2.31. The topological polar surface area (TPSA) is 56.5 Å². The van der Waals surface area contributed by atoms with E-state index in [1.807, 2.05) is 25.3 Å². The minimum atomic E-state index is -0.0117. The molecule has 0 spiro atoms. The van der Waals surface area contributed by atoms with Crippen molar-refractivity contribution in [2.24, 2.45) is 5.84 Å². The molecule has 0 aliphatic carbocycles. The van der Waals surface area contributed by atoms with Crippen molar-refractivity contribution >= 4 is 11.3 Å². The maximum atomic E-state index is 5.53. The summed E-state index contributed by atoms with van der Waals surface area (Å²) in [4.78, 5) is 1.07. The van der Waals surface area contributed by atoms with Crippen LogP contribution in [0.5, 0.6) is 5.75 Å². The molecule has 5 heteroatoms. The molecule has 0 saturated carbocycles. The van der Waals surface area contributed by atoms with E-state index >= 15 is 0 Å². The molecule has 0 radical (unpaired) electrons. The van der Waals surface area contributed by atoms with Gasteiger partial charge in [-0.25, -0.2) is 5.43 Å². The number of nitrogens with one attached hydrogen (secondary N) is 1. The Morgan fingerprint density at radius 1 is 1.53 bits per heavy atom. The first-order valence-corrected chi connectivity index (χ1v) is 5.76. The zero-order valence-electron chi connectivity index (χ0n) is 9.32. The molecule has 86 valence electrons. The van der Waals surface area contributed by atoms with Crippen molar-refractivity contribution in [3.63, 3.8) is 0 Å². The third-order valence-corrected chi connectivity index (χ3v) is 3.00. The van der Waals surface area contributed by atoms with E-state index in [1.165, 1.54) is 0 Å². The van der Waals surface area contributed by atoms with Gasteiger partial charge in [0.1, 0.15) is 5.75 Å². The van der Waals surface area contributed by atoms with E-state index in [2.05, 4.69) is 5.43 Å². The van der Waals surface area contributed by atoms with Gasteiger partial charge >= 0.3 is 0 Å². The highest BCUT2D eigenvalue weighted by molar-refractivity contribution is 7.10. The highest BCUT2D eigenvalue weighted by Gasteiger charge is 2.16. The molecule has 3 N–H and O–H groups in total. The predicted octanol–water partition coefficient (Wildman–Crippen LogP) is 1.69. The largest absolute Gasteiger partial charge is 0.496 e. The molecule has 1 unspecified atom stereocenters. The van der Waals surface area contributed by atoms with Gasteiger partial charge in [0.15, 0.2) is 0 Å². The summed E-state index contributed by atoms with van der Waals surface area (Å²) in [5, 5.41) is 1.98. The predicted molar refractivity (Wildman–Crippen MR) is 62.0 cm³/mol. The summed E-state index contributed by atoms with van der Waals surface area (Å²) < 4.78 is 10.8. The molecule has 1 atom stereocenters. The third kappa shape index (κ3) is 3.46. The van der Waals surface area contributed by atoms with Crippen LogP contribution in [0, 0.1) is 0 Å². The van der Waals surface area contributed by atoms with E-state index in [4.69, 9.17) is 15.3 Å². The lowest BCUT2D eigenvalue weighted by atomic mass is 10.2. The van der Waals surface area contributed by atoms with E-state index in [-0.39, 0.29) is 12.1 Å². The van der Waals surface area contributed by atoms with E-state index in [0.29, 0.717) is 6.61 Å². The van der Waals surface area contributed by atoms with Gasteiger partial charge in [-0.05, 0) is 25.3 Å². The summed E-state index contributed by atoms with van der Waals surface area (Å²) in [5.74, 6) is 6.35. The van der Waals surface area contributed by atoms with Crippen molar-refractivity contribution in [2.45, 2.75) is 26.0 Å². The van der Waals surface area contributed by atoms with Crippen LogP contribution in [0.15, 0.2) is 11.4 Å². The molecule has 0 amide bonds. The van der Waals surface area contributed by atoms with Crippen LogP contribution in [0.4, 0.5) is 0 Å². The van der Waals surface area contributed by atoms with E-state index in [9.17, 15) is 0 Å². The second-order valence-corrected chi connectivity index (χ2v) is 4.40. The van der Waals surface area contributed by atoms with Crippen molar-refractivity contribution in [1.82, 2.24) is 5.43 Å². The highest BCUT2D eigenvalue weighted by Crippen LogP contribution is 2.30. The fourth-order valence-corrected chi connectivity index (χ4v) is 2.13. The Labute approximate surface area is 94.3 Å². The molecule has 1 aromatic heterocycles. The van der Waals surface area contributed by atoms with Gasteiger partial charge < -0.3 is 9.47 Å². The Balaban J connectivity index is 2.65. The summed E-state index contributed by atoms with van der Waals surface area (Å²) >= 11 is 1.61. The summed E-state index contributed by atoms with van der Waals surface area (Å²) in [6, 6.07) is 1.92. The minimum absolute atomic E-state index is 0.0117. The average Bonchev–Trinajstić information content (AvgIpc) is 2.66. The van der Waals surface area contributed by atoms with Crippen LogP contribution in [0.1, 0.15) is 24.8 Å². The van der Waals surface area contributed by atoms with Crippen LogP contribution in [-0.4, -0.2) is 19.8 Å². The van der Waals surface area contributed by atoms with Gasteiger partial charge in [0.25, 0.3) is 0 Å². The summed E-state index contributed by atoms with van der Waals surface area (Å²) in [6.45, 7) is 4.55. The Morgan fingerprint density at radius 3 is 2.80 bits per heavy atom. The van der Waals surface area contributed by atoms with Crippen LogP contribution < -0.4 is 16.0 Å². The van der Waals surface area contributed by atoms with Gasteiger partial charge in [0.05, 0.1) is 30.7 Å². The van der Waals surface area contributed by atoms with E-state index in [1.54, 1.807) is 18.4 Å². The molecule has 0 aliphatic heterocycles. The van der Waals surface area contributed by atoms with Gasteiger partial charge in [0, 0.05) is 0 Å². The number of nitrogens with two attached hydrogens (primary N) is 1. The zero-order valence-corrected chi connectivity index (χ0v) is 10.1. The molecule has 1 rings (SSSR count). The number of hydrogen-bond acceptors (Lipinski definition) is 5. The van der Waals surface area contributed by atoms with Crippen LogP contribution in [-0.2, 0) is 4.74 Å². The second-order valence-electron chi connectivity index (χ2n) is 3.45. The van der Waals surface area contributed by atoms with Crippen LogP contribution >= 0.6 is 11.3 Å². The highest BCUT2D eigenvalue weighted by atomic mass is 32.1. The smallest absolute Gasteiger partial charge is 0.134 e. The molecule has 0 aliphatic rings. The monoisotopic (exact) mass is 230 g/mol. The molecule has 1 aromatic rings. The lowest BCUT2D eigenvalue weighted by molar-refractivity contribution is 0.0613. The molecule has 4 nitrogen and oxygen atoms in total. The van der Waals surface area contributed by atoms with Crippen LogP contribution in [0.2, 0.25) is 0 Å². The number of hydrogen-bond donors (Lipinski definition) is 2. The van der Waals surface area contributed by atoms with Gasteiger partial charge in [-0.2, -0.15) is 0 Å². The fourth-order valence-electron chi connectivity index (χ4n) is 1.22. The minimum Gasteiger partial charge on any atom is -0.496 e. The fraction of sp³-hybridized carbons (Fsp3) is 0.600. The van der Waals surface area contributed by atoms with E-state index in [0.717, 1.165) is 10.6 Å². The molecule has 0 bridgehead atoms. The van der Waals surface area contributed by atoms with Gasteiger partial charge in [-0.1, -0.05) is 0 Å². The SMILES string of the molecule is COc1ccsc1C(COC(C)C)NN. The Hall–Kier alpha value is -0.620. The second kappa shape index (κ2) is 6.07. The first kappa shape index (κ1) is 12.4. The first-order chi connectivity index (χ1) is 7.19. The number of ether oxygens (including phenoxy) is 2. The zero-order chi connectivity index (χ0) is 11.3. The van der Waals surface area contributed by atoms with Crippen molar-refractivity contribution in [3.8, 4) is 5.75 Å². The van der Waals surface area contributed by atoms with Crippen molar-refractivity contribution < 1.29 is 9.47 Å². The van der Waals surface area contributed by atoms with Crippen LogP contribution in [0.25, 0.3) is 0 Å². The third-order valence-electron chi connectivity index (χ3n) is 1.99. The Bertz CT molecular complexity index is 289. The van der Waals surface area contributed by atoms with Crippen molar-refractivity contribution in [3.05, 3.63) is 16.3 Å². The van der Waals surface area contributed by atoms with Gasteiger partial charge in [0.2, 0.25) is 0 Å². The first-order valence-electron chi connectivity index (χ1n) is 4.88. The Kier molecular flexibility index (Phi) is 5.04. The number of methoxy groups -OCH3 is 1. The number of rotatable bonds is 6. The molecule has 1 heterocycles. The average molecular weight is 230 g/mol. The van der Waals surface area contributed by atoms with Crippen LogP contribution in [0.3, 0.4) is 0 Å². The van der Waals surface area contributed by atoms with E-state index < -0.39 is 0 Å². The molecule has 0 aromatic carbocycles. The number of thiophene rings is 1. The normalized spacial score (nSPS) is 13.1. The maximum Gasteiger partial charge on any atom is 0.134 e. The standard InChI is InChI=1S/C10H18N2O2S/c1-7(2)14-6-8(12-11)10-9(13-3)4-5-15-10/h4-5,7-8,12H,6,11H2,1-3H3. The quantitative estimate of drug-likeness (QED) is 0.577. The molecule has 0 fully saturated rings. The summed E-state index contributed by atoms with van der Waals surface area (Å²) in [7, 11) is 1.66. The summed E-state index contributed by atoms with van der Waals surface area (Å²) in [5.41, 5.74) is 2.74.